The molecule has 6 heteroatoms. The van der Waals surface area contributed by atoms with Crippen LogP contribution < -0.4 is 0 Å². The van der Waals surface area contributed by atoms with Crippen LogP contribution in [-0.2, 0) is 21.7 Å². The van der Waals surface area contributed by atoms with E-state index >= 15 is 0 Å². The minimum atomic E-state index is -4.55. The Hall–Kier alpha value is -1.89. The first-order valence-electron chi connectivity index (χ1n) is 8.12. The highest BCUT2D eigenvalue weighted by atomic mass is 19.4. The van der Waals surface area contributed by atoms with E-state index in [0.717, 1.165) is 10.6 Å². The van der Waals surface area contributed by atoms with Gasteiger partial charge in [0.1, 0.15) is 0 Å². The van der Waals surface area contributed by atoms with E-state index in [1.807, 2.05) is 30.3 Å². The normalized spacial score (nSPS) is 25.0. The van der Waals surface area contributed by atoms with Gasteiger partial charge < -0.3 is 4.74 Å². The van der Waals surface area contributed by atoms with Crippen molar-refractivity contribution in [2.45, 2.75) is 31.3 Å². The van der Waals surface area contributed by atoms with Crippen LogP contribution in [0.25, 0.3) is 0 Å². The van der Waals surface area contributed by atoms with E-state index in [1.54, 1.807) is 25.1 Å². The Morgan fingerprint density at radius 2 is 1.68 bits per heavy atom. The average molecular weight is 351 g/mol. The molecule has 0 unspecified atom stereocenters. The number of hydroxylamine groups is 2. The van der Waals surface area contributed by atoms with Crippen molar-refractivity contribution in [2.75, 3.05) is 13.2 Å². The summed E-state index contributed by atoms with van der Waals surface area (Å²) in [6.45, 7) is 1.33. The number of ether oxygens (including phenoxy) is 1. The Balaban J connectivity index is 1.95. The van der Waals surface area contributed by atoms with Crippen molar-refractivity contribution in [1.29, 1.82) is 0 Å². The number of morpholine rings is 1. The SMILES string of the molecule is C[C@@H]1CN(OCc2ccccc2)[C@](c2ccccc2)(C(F)(F)F)CO1. The molecule has 1 aliphatic heterocycles. The van der Waals surface area contributed by atoms with Crippen molar-refractivity contribution in [2.24, 2.45) is 0 Å². The predicted octanol–water partition coefficient (Wildman–Crippen LogP) is 4.30. The van der Waals surface area contributed by atoms with Gasteiger partial charge >= 0.3 is 6.18 Å². The molecule has 0 bridgehead atoms. The smallest absolute Gasteiger partial charge is 0.374 e. The summed E-state index contributed by atoms with van der Waals surface area (Å²) in [5, 5.41) is 1.05. The molecule has 0 aliphatic carbocycles. The lowest BCUT2D eigenvalue weighted by atomic mass is 9.88. The van der Waals surface area contributed by atoms with Crippen LogP contribution in [0.4, 0.5) is 13.2 Å². The minimum Gasteiger partial charge on any atom is -0.374 e. The number of benzene rings is 2. The standard InChI is InChI=1S/C19H20F3NO2/c1-15-12-23(25-13-16-8-4-2-5-9-16)18(14-24-15,19(20,21)22)17-10-6-3-7-11-17/h2-11,15H,12-14H2,1H3/t15-,18-/m1/s1. The maximum Gasteiger partial charge on any atom is 0.415 e. The lowest BCUT2D eigenvalue weighted by molar-refractivity contribution is -0.368. The van der Waals surface area contributed by atoms with Crippen LogP contribution in [0.3, 0.4) is 0 Å². The van der Waals surface area contributed by atoms with Gasteiger partial charge in [0.2, 0.25) is 0 Å². The fourth-order valence-corrected chi connectivity index (χ4v) is 2.99. The van der Waals surface area contributed by atoms with E-state index in [2.05, 4.69) is 0 Å². The number of hydrogen-bond acceptors (Lipinski definition) is 3. The quantitative estimate of drug-likeness (QED) is 0.820. The molecule has 1 saturated heterocycles. The summed E-state index contributed by atoms with van der Waals surface area (Å²) >= 11 is 0. The summed E-state index contributed by atoms with van der Waals surface area (Å²) in [6.07, 6.45) is -4.90. The molecule has 3 rings (SSSR count). The first kappa shape index (κ1) is 17.9. The molecule has 0 aromatic heterocycles. The van der Waals surface area contributed by atoms with Crippen molar-refractivity contribution < 1.29 is 22.7 Å². The Labute approximate surface area is 144 Å². The van der Waals surface area contributed by atoms with Gasteiger partial charge in [0.05, 0.1) is 25.9 Å². The maximum atomic E-state index is 14.2. The van der Waals surface area contributed by atoms with Gasteiger partial charge in [-0.15, -0.1) is 0 Å². The van der Waals surface area contributed by atoms with Crippen LogP contribution >= 0.6 is 0 Å². The third-order valence-electron chi connectivity index (χ3n) is 4.38. The van der Waals surface area contributed by atoms with Crippen LogP contribution in [0, 0.1) is 0 Å². The van der Waals surface area contributed by atoms with Gasteiger partial charge in [-0.3, -0.25) is 4.84 Å². The lowest BCUT2D eigenvalue weighted by Gasteiger charge is -2.48. The highest BCUT2D eigenvalue weighted by Crippen LogP contribution is 2.46. The van der Waals surface area contributed by atoms with Gasteiger partial charge in [-0.1, -0.05) is 60.7 Å². The van der Waals surface area contributed by atoms with Crippen molar-refractivity contribution in [1.82, 2.24) is 5.06 Å². The Morgan fingerprint density at radius 1 is 1.08 bits per heavy atom. The van der Waals surface area contributed by atoms with Crippen molar-refractivity contribution >= 4 is 0 Å². The molecule has 134 valence electrons. The lowest BCUT2D eigenvalue weighted by Crippen LogP contribution is -2.63. The number of nitrogens with zero attached hydrogens (tertiary/aromatic N) is 1. The Morgan fingerprint density at radius 3 is 2.28 bits per heavy atom. The first-order valence-corrected chi connectivity index (χ1v) is 8.12. The Bertz CT molecular complexity index is 678. The van der Waals surface area contributed by atoms with Gasteiger partial charge in [0, 0.05) is 0 Å². The molecular weight excluding hydrogens is 331 g/mol. The summed E-state index contributed by atoms with van der Waals surface area (Å²) in [7, 11) is 0. The monoisotopic (exact) mass is 351 g/mol. The van der Waals surface area contributed by atoms with Gasteiger partial charge in [0.25, 0.3) is 0 Å². The van der Waals surface area contributed by atoms with E-state index < -0.39 is 18.3 Å². The van der Waals surface area contributed by atoms with Gasteiger partial charge in [0.15, 0.2) is 5.54 Å². The van der Waals surface area contributed by atoms with E-state index in [0.29, 0.717) is 0 Å². The average Bonchev–Trinajstić information content (AvgIpc) is 2.61. The molecule has 25 heavy (non-hydrogen) atoms. The molecule has 0 spiro atoms. The summed E-state index contributed by atoms with van der Waals surface area (Å²) in [5.41, 5.74) is -1.40. The van der Waals surface area contributed by atoms with Crippen molar-refractivity contribution in [3.63, 3.8) is 0 Å². The number of hydrogen-bond donors (Lipinski definition) is 0. The summed E-state index contributed by atoms with van der Waals surface area (Å²) < 4.78 is 48.0. The summed E-state index contributed by atoms with van der Waals surface area (Å²) in [5.74, 6) is 0. The molecule has 0 N–H and O–H groups in total. The molecule has 2 aromatic rings. The maximum absolute atomic E-state index is 14.2. The van der Waals surface area contributed by atoms with Crippen molar-refractivity contribution in [3.05, 3.63) is 71.8 Å². The summed E-state index contributed by atoms with van der Waals surface area (Å²) in [6, 6.07) is 17.0. The van der Waals surface area contributed by atoms with Crippen molar-refractivity contribution in [3.8, 4) is 0 Å². The third-order valence-corrected chi connectivity index (χ3v) is 4.38. The molecular formula is C19H20F3NO2. The second-order valence-electron chi connectivity index (χ2n) is 6.17. The molecule has 2 aromatic carbocycles. The van der Waals surface area contributed by atoms with E-state index in [1.165, 1.54) is 12.1 Å². The number of rotatable bonds is 4. The van der Waals surface area contributed by atoms with E-state index in [9.17, 15) is 13.2 Å². The highest BCUT2D eigenvalue weighted by Gasteiger charge is 2.62. The Kier molecular flexibility index (Phi) is 5.13. The summed E-state index contributed by atoms with van der Waals surface area (Å²) in [4.78, 5) is 5.67. The highest BCUT2D eigenvalue weighted by molar-refractivity contribution is 5.27. The molecule has 0 amide bonds. The zero-order chi connectivity index (χ0) is 17.9. The van der Waals surface area contributed by atoms with E-state index in [4.69, 9.17) is 9.57 Å². The largest absolute Gasteiger partial charge is 0.415 e. The van der Waals surface area contributed by atoms with Crippen LogP contribution in [-0.4, -0.2) is 30.5 Å². The van der Waals surface area contributed by atoms with Crippen LogP contribution in [0.1, 0.15) is 18.1 Å². The zero-order valence-corrected chi connectivity index (χ0v) is 13.9. The topological polar surface area (TPSA) is 21.7 Å². The number of halogens is 3. The second-order valence-corrected chi connectivity index (χ2v) is 6.17. The molecule has 1 fully saturated rings. The van der Waals surface area contributed by atoms with Gasteiger partial charge in [-0.05, 0) is 18.1 Å². The first-order chi connectivity index (χ1) is 11.9. The second kappa shape index (κ2) is 7.15. The minimum absolute atomic E-state index is 0.0290. The molecule has 1 heterocycles. The van der Waals surface area contributed by atoms with Crippen LogP contribution in [0.5, 0.6) is 0 Å². The molecule has 2 atom stereocenters. The zero-order valence-electron chi connectivity index (χ0n) is 13.9. The van der Waals surface area contributed by atoms with Gasteiger partial charge in [-0.2, -0.15) is 18.2 Å². The number of alkyl halides is 3. The fraction of sp³-hybridized carbons (Fsp3) is 0.368. The van der Waals surface area contributed by atoms with Gasteiger partial charge in [-0.25, -0.2) is 0 Å². The third kappa shape index (κ3) is 3.56. The molecule has 0 radical (unpaired) electrons. The predicted molar refractivity (Wildman–Crippen MR) is 87.5 cm³/mol. The van der Waals surface area contributed by atoms with Crippen LogP contribution in [0.15, 0.2) is 60.7 Å². The molecule has 1 aliphatic rings. The molecule has 0 saturated carbocycles. The molecule has 3 nitrogen and oxygen atoms in total. The fourth-order valence-electron chi connectivity index (χ4n) is 2.99. The van der Waals surface area contributed by atoms with E-state index in [-0.39, 0.29) is 24.8 Å². The van der Waals surface area contributed by atoms with Crippen LogP contribution in [0.2, 0.25) is 0 Å².